The van der Waals surface area contributed by atoms with E-state index in [1.807, 2.05) is 11.7 Å². The van der Waals surface area contributed by atoms with Crippen molar-refractivity contribution >= 4 is 5.69 Å². The third-order valence-electron chi connectivity index (χ3n) is 4.73. The molecule has 0 saturated carbocycles. The Hall–Kier alpha value is -2.59. The molecule has 4 nitrogen and oxygen atoms in total. The van der Waals surface area contributed by atoms with Crippen LogP contribution >= 0.6 is 0 Å². The van der Waals surface area contributed by atoms with E-state index in [-0.39, 0.29) is 0 Å². The summed E-state index contributed by atoms with van der Waals surface area (Å²) in [5, 5.41) is 8.17. The van der Waals surface area contributed by atoms with Gasteiger partial charge in [0.05, 0.1) is 17.1 Å². The van der Waals surface area contributed by atoms with Crippen molar-refractivity contribution in [1.29, 1.82) is 0 Å². The third-order valence-corrected chi connectivity index (χ3v) is 4.73. The Morgan fingerprint density at radius 3 is 2.12 bits per heavy atom. The maximum absolute atomic E-state index is 4.60. The van der Waals surface area contributed by atoms with Crippen LogP contribution in [0, 0.1) is 13.8 Å². The number of nitrogens with one attached hydrogen (secondary N) is 1. The number of hydrogen-bond donors (Lipinski definition) is 1. The van der Waals surface area contributed by atoms with Crippen LogP contribution in [0.4, 0.5) is 5.69 Å². The predicted octanol–water partition coefficient (Wildman–Crippen LogP) is 3.83. The fourth-order valence-electron chi connectivity index (χ4n) is 3.34. The summed E-state index contributed by atoms with van der Waals surface area (Å²) in [4.78, 5) is 2.44. The maximum Gasteiger partial charge on any atom is 0.0830 e. The molecule has 0 aliphatic heterocycles. The topological polar surface area (TPSA) is 33.1 Å². The quantitative estimate of drug-likeness (QED) is 0.628. The van der Waals surface area contributed by atoms with Crippen LogP contribution in [-0.4, -0.2) is 22.9 Å². The zero-order valence-electron chi connectivity index (χ0n) is 15.9. The van der Waals surface area contributed by atoms with E-state index in [1.54, 1.807) is 0 Å². The average Bonchev–Trinajstić information content (AvgIpc) is 2.91. The van der Waals surface area contributed by atoms with Crippen LogP contribution in [0.5, 0.6) is 0 Å². The van der Waals surface area contributed by atoms with Crippen LogP contribution in [0.15, 0.2) is 60.7 Å². The molecule has 1 N–H and O–H groups in total. The molecular weight excluding hydrogens is 320 g/mol. The smallest absolute Gasteiger partial charge is 0.0830 e. The fraction of sp³-hybridized carbons (Fsp3) is 0.318. The lowest BCUT2D eigenvalue weighted by atomic mass is 10.2. The molecule has 0 aliphatic rings. The minimum absolute atomic E-state index is 0.890. The van der Waals surface area contributed by atoms with Gasteiger partial charge in [-0.1, -0.05) is 60.7 Å². The van der Waals surface area contributed by atoms with E-state index in [2.05, 4.69) is 89.8 Å². The first-order valence-corrected chi connectivity index (χ1v) is 9.19. The third kappa shape index (κ3) is 4.52. The Balaban J connectivity index is 1.68. The van der Waals surface area contributed by atoms with Gasteiger partial charge >= 0.3 is 0 Å². The number of rotatable bonds is 8. The molecule has 1 heterocycles. The fourth-order valence-corrected chi connectivity index (χ4v) is 3.34. The molecule has 1 aromatic heterocycles. The van der Waals surface area contributed by atoms with Crippen molar-refractivity contribution < 1.29 is 0 Å². The first-order chi connectivity index (χ1) is 12.6. The van der Waals surface area contributed by atoms with Gasteiger partial charge in [-0.15, -0.1) is 0 Å². The van der Waals surface area contributed by atoms with Gasteiger partial charge in [0.15, 0.2) is 0 Å². The van der Waals surface area contributed by atoms with Gasteiger partial charge in [-0.3, -0.25) is 4.68 Å². The molecule has 3 aromatic rings. The summed E-state index contributed by atoms with van der Waals surface area (Å²) in [6, 6.07) is 21.2. The van der Waals surface area contributed by atoms with E-state index in [1.165, 1.54) is 22.5 Å². The van der Waals surface area contributed by atoms with Gasteiger partial charge in [-0.25, -0.2) is 0 Å². The summed E-state index contributed by atoms with van der Waals surface area (Å²) in [5.74, 6) is 0. The summed E-state index contributed by atoms with van der Waals surface area (Å²) in [7, 11) is 2.01. The molecule has 136 valence electrons. The van der Waals surface area contributed by atoms with Crippen LogP contribution in [0.2, 0.25) is 0 Å². The molecular formula is C22H28N4. The minimum Gasteiger partial charge on any atom is -0.363 e. The van der Waals surface area contributed by atoms with Crippen molar-refractivity contribution in [3.63, 3.8) is 0 Å². The molecule has 0 amide bonds. The normalized spacial score (nSPS) is 10.9. The van der Waals surface area contributed by atoms with Crippen molar-refractivity contribution in [2.75, 3.05) is 18.0 Å². The van der Waals surface area contributed by atoms with E-state index in [9.17, 15) is 0 Å². The summed E-state index contributed by atoms with van der Waals surface area (Å²) in [6.07, 6.45) is 0. The second kappa shape index (κ2) is 8.68. The van der Waals surface area contributed by atoms with Crippen molar-refractivity contribution in [3.8, 4) is 0 Å². The number of hydrogen-bond acceptors (Lipinski definition) is 3. The lowest BCUT2D eigenvalue weighted by molar-refractivity contribution is 0.656. The highest BCUT2D eigenvalue weighted by atomic mass is 15.3. The standard InChI is InChI=1S/C22H28N4/c1-18-22(19(2)25(3)24-18)26(17-21-12-8-5-9-13-21)15-14-23-16-20-10-6-4-7-11-20/h4-13,23H,14-17H2,1-3H3. The predicted molar refractivity (Wildman–Crippen MR) is 108 cm³/mol. The van der Waals surface area contributed by atoms with Gasteiger partial charge in [0.2, 0.25) is 0 Å². The number of aromatic nitrogens is 2. The molecule has 0 fully saturated rings. The molecule has 26 heavy (non-hydrogen) atoms. The van der Waals surface area contributed by atoms with Gasteiger partial charge in [-0.05, 0) is 25.0 Å². The summed E-state index contributed by atoms with van der Waals surface area (Å²) >= 11 is 0. The Morgan fingerprint density at radius 1 is 0.923 bits per heavy atom. The van der Waals surface area contributed by atoms with Crippen molar-refractivity contribution in [3.05, 3.63) is 83.2 Å². The van der Waals surface area contributed by atoms with Crippen molar-refractivity contribution in [1.82, 2.24) is 15.1 Å². The van der Waals surface area contributed by atoms with Crippen LogP contribution < -0.4 is 10.2 Å². The molecule has 4 heteroatoms. The molecule has 3 rings (SSSR count). The Labute approximate surface area is 156 Å². The molecule has 0 unspecified atom stereocenters. The van der Waals surface area contributed by atoms with Crippen LogP contribution in [0.25, 0.3) is 0 Å². The van der Waals surface area contributed by atoms with Crippen LogP contribution in [0.3, 0.4) is 0 Å². The number of nitrogens with zero attached hydrogens (tertiary/aromatic N) is 3. The largest absolute Gasteiger partial charge is 0.363 e. The number of aryl methyl sites for hydroxylation is 2. The monoisotopic (exact) mass is 348 g/mol. The van der Waals surface area contributed by atoms with Gasteiger partial charge in [0.1, 0.15) is 0 Å². The van der Waals surface area contributed by atoms with Crippen LogP contribution in [0.1, 0.15) is 22.5 Å². The highest BCUT2D eigenvalue weighted by molar-refractivity contribution is 5.55. The molecule has 0 atom stereocenters. The first kappa shape index (κ1) is 18.2. The zero-order valence-corrected chi connectivity index (χ0v) is 15.9. The molecule has 0 saturated heterocycles. The van der Waals surface area contributed by atoms with Gasteiger partial charge in [0.25, 0.3) is 0 Å². The first-order valence-electron chi connectivity index (χ1n) is 9.19. The summed E-state index contributed by atoms with van der Waals surface area (Å²) in [6.45, 7) is 7.89. The molecule has 0 radical (unpaired) electrons. The summed E-state index contributed by atoms with van der Waals surface area (Å²) in [5.41, 5.74) is 6.18. The molecule has 2 aromatic carbocycles. The SMILES string of the molecule is Cc1nn(C)c(C)c1N(CCNCc1ccccc1)Cc1ccccc1. The second-order valence-electron chi connectivity index (χ2n) is 6.71. The van der Waals surface area contributed by atoms with E-state index in [0.717, 1.165) is 31.9 Å². The Morgan fingerprint density at radius 2 is 1.54 bits per heavy atom. The number of benzene rings is 2. The van der Waals surface area contributed by atoms with Crippen molar-refractivity contribution in [2.45, 2.75) is 26.9 Å². The van der Waals surface area contributed by atoms with E-state index in [4.69, 9.17) is 0 Å². The lowest BCUT2D eigenvalue weighted by Gasteiger charge is -2.25. The second-order valence-corrected chi connectivity index (χ2v) is 6.71. The van der Waals surface area contributed by atoms with E-state index in [0.29, 0.717) is 0 Å². The lowest BCUT2D eigenvalue weighted by Crippen LogP contribution is -2.32. The highest BCUT2D eigenvalue weighted by Gasteiger charge is 2.17. The van der Waals surface area contributed by atoms with Gasteiger partial charge in [0, 0.05) is 33.2 Å². The van der Waals surface area contributed by atoms with Gasteiger partial charge in [-0.2, -0.15) is 5.10 Å². The van der Waals surface area contributed by atoms with Gasteiger partial charge < -0.3 is 10.2 Å². The van der Waals surface area contributed by atoms with E-state index >= 15 is 0 Å². The molecule has 0 bridgehead atoms. The highest BCUT2D eigenvalue weighted by Crippen LogP contribution is 2.25. The van der Waals surface area contributed by atoms with Crippen LogP contribution in [-0.2, 0) is 20.1 Å². The minimum atomic E-state index is 0.890. The Kier molecular flexibility index (Phi) is 6.08. The van der Waals surface area contributed by atoms with Crippen molar-refractivity contribution in [2.24, 2.45) is 7.05 Å². The molecule has 0 spiro atoms. The van der Waals surface area contributed by atoms with E-state index < -0.39 is 0 Å². The summed E-state index contributed by atoms with van der Waals surface area (Å²) < 4.78 is 1.97. The number of anilines is 1. The Bertz CT molecular complexity index is 809. The average molecular weight is 348 g/mol. The maximum atomic E-state index is 4.60. The molecule has 0 aliphatic carbocycles. The zero-order chi connectivity index (χ0) is 18.4.